The maximum Gasteiger partial charge on any atom is 0.248 e. The molecule has 106 valence electrons. The summed E-state index contributed by atoms with van der Waals surface area (Å²) in [5.41, 5.74) is 0. The van der Waals surface area contributed by atoms with Gasteiger partial charge in [0.1, 0.15) is 0 Å². The van der Waals surface area contributed by atoms with Crippen LogP contribution in [-0.4, -0.2) is 32.5 Å². The average molecular weight is 284 g/mol. The average Bonchev–Trinajstić information content (AvgIpc) is 2.22. The lowest BCUT2D eigenvalue weighted by atomic mass is 9.86. The molecular formula is C10H18F2N2O3S. The van der Waals surface area contributed by atoms with Crippen molar-refractivity contribution >= 4 is 15.9 Å². The van der Waals surface area contributed by atoms with Crippen LogP contribution in [0.15, 0.2) is 0 Å². The van der Waals surface area contributed by atoms with Gasteiger partial charge in [0.2, 0.25) is 21.9 Å². The van der Waals surface area contributed by atoms with Crippen molar-refractivity contribution in [2.45, 2.75) is 38.0 Å². The van der Waals surface area contributed by atoms with Crippen molar-refractivity contribution < 1.29 is 22.0 Å². The standard InChI is InChI=1S/C10H18F2N2O3S/c11-10(12)4-2-8(3-5-10)9(15)14-6-1-7-18(13,16)17/h8H,1-7H2,(H,14,15)(H2,13,16,17). The van der Waals surface area contributed by atoms with Gasteiger partial charge in [0.25, 0.3) is 0 Å². The number of nitrogens with two attached hydrogens (primary N) is 1. The number of carbonyl (C=O) groups excluding carboxylic acids is 1. The highest BCUT2D eigenvalue weighted by molar-refractivity contribution is 7.89. The van der Waals surface area contributed by atoms with Gasteiger partial charge >= 0.3 is 0 Å². The van der Waals surface area contributed by atoms with Gasteiger partial charge in [-0.3, -0.25) is 4.79 Å². The second-order valence-electron chi connectivity index (χ2n) is 4.64. The third kappa shape index (κ3) is 5.72. The molecule has 1 fully saturated rings. The highest BCUT2D eigenvalue weighted by Gasteiger charge is 2.37. The molecule has 0 heterocycles. The molecule has 0 atom stereocenters. The van der Waals surface area contributed by atoms with E-state index >= 15 is 0 Å². The van der Waals surface area contributed by atoms with Crippen molar-refractivity contribution in [3.8, 4) is 0 Å². The molecule has 0 unspecified atom stereocenters. The summed E-state index contributed by atoms with van der Waals surface area (Å²) >= 11 is 0. The topological polar surface area (TPSA) is 89.3 Å². The number of rotatable bonds is 5. The first-order valence-corrected chi connectivity index (χ1v) is 7.57. The number of sulfonamides is 1. The van der Waals surface area contributed by atoms with Gasteiger partial charge in [-0.25, -0.2) is 22.3 Å². The fourth-order valence-corrected chi connectivity index (χ4v) is 2.48. The summed E-state index contributed by atoms with van der Waals surface area (Å²) in [4.78, 5) is 11.6. The Balaban J connectivity index is 2.22. The molecule has 3 N–H and O–H groups in total. The van der Waals surface area contributed by atoms with Crippen LogP contribution < -0.4 is 10.5 Å². The number of alkyl halides is 2. The van der Waals surface area contributed by atoms with E-state index in [2.05, 4.69) is 5.32 Å². The largest absolute Gasteiger partial charge is 0.356 e. The molecule has 0 aromatic rings. The normalized spacial score (nSPS) is 20.6. The van der Waals surface area contributed by atoms with E-state index in [1.807, 2.05) is 0 Å². The Morgan fingerprint density at radius 1 is 1.33 bits per heavy atom. The lowest BCUT2D eigenvalue weighted by Crippen LogP contribution is -2.36. The molecule has 8 heteroatoms. The smallest absolute Gasteiger partial charge is 0.248 e. The zero-order chi connectivity index (χ0) is 13.8. The van der Waals surface area contributed by atoms with Crippen molar-refractivity contribution in [2.24, 2.45) is 11.1 Å². The maximum absolute atomic E-state index is 12.9. The molecule has 18 heavy (non-hydrogen) atoms. The predicted octanol–water partition coefficient (Wildman–Crippen LogP) is 0.607. The first-order valence-electron chi connectivity index (χ1n) is 5.86. The Morgan fingerprint density at radius 2 is 1.89 bits per heavy atom. The summed E-state index contributed by atoms with van der Waals surface area (Å²) in [5.74, 6) is -3.51. The summed E-state index contributed by atoms with van der Waals surface area (Å²) in [7, 11) is -3.51. The third-order valence-electron chi connectivity index (χ3n) is 2.99. The first-order chi connectivity index (χ1) is 8.20. The highest BCUT2D eigenvalue weighted by atomic mass is 32.2. The zero-order valence-corrected chi connectivity index (χ0v) is 10.8. The van der Waals surface area contributed by atoms with E-state index in [0.717, 1.165) is 0 Å². The Labute approximate surface area is 105 Å². The van der Waals surface area contributed by atoms with E-state index in [1.54, 1.807) is 0 Å². The van der Waals surface area contributed by atoms with Crippen LogP contribution in [0.4, 0.5) is 8.78 Å². The van der Waals surface area contributed by atoms with Crippen LogP contribution in [0.5, 0.6) is 0 Å². The fourth-order valence-electron chi connectivity index (χ4n) is 1.93. The number of amides is 1. The maximum atomic E-state index is 12.9. The van der Waals surface area contributed by atoms with Crippen molar-refractivity contribution in [2.75, 3.05) is 12.3 Å². The molecule has 1 aliphatic carbocycles. The summed E-state index contributed by atoms with van der Waals surface area (Å²) < 4.78 is 47.0. The van der Waals surface area contributed by atoms with Gasteiger partial charge in [-0.05, 0) is 19.3 Å². The Morgan fingerprint density at radius 3 is 2.39 bits per heavy atom. The molecule has 1 rings (SSSR count). The summed E-state index contributed by atoms with van der Waals surface area (Å²) in [6.07, 6.45) is 0.0556. The van der Waals surface area contributed by atoms with E-state index in [0.29, 0.717) is 0 Å². The van der Waals surface area contributed by atoms with E-state index in [9.17, 15) is 22.0 Å². The van der Waals surface area contributed by atoms with Gasteiger partial charge in [0, 0.05) is 25.3 Å². The van der Waals surface area contributed by atoms with Crippen LogP contribution in [0.1, 0.15) is 32.1 Å². The Hall–Kier alpha value is -0.760. The molecule has 0 saturated heterocycles. The summed E-state index contributed by atoms with van der Waals surface area (Å²) in [5, 5.41) is 7.35. The van der Waals surface area contributed by atoms with Crippen LogP contribution in [0, 0.1) is 5.92 Å². The van der Waals surface area contributed by atoms with Crippen molar-refractivity contribution in [1.82, 2.24) is 5.32 Å². The number of primary sulfonamides is 1. The molecule has 1 aliphatic rings. The van der Waals surface area contributed by atoms with Gasteiger partial charge in [-0.15, -0.1) is 0 Å². The van der Waals surface area contributed by atoms with Crippen LogP contribution in [0.3, 0.4) is 0 Å². The monoisotopic (exact) mass is 284 g/mol. The van der Waals surface area contributed by atoms with Crippen LogP contribution >= 0.6 is 0 Å². The van der Waals surface area contributed by atoms with Gasteiger partial charge in [0.15, 0.2) is 0 Å². The van der Waals surface area contributed by atoms with E-state index in [1.165, 1.54) is 0 Å². The Bertz CT molecular complexity index is 388. The third-order valence-corrected chi connectivity index (χ3v) is 3.85. The molecule has 0 radical (unpaired) electrons. The first kappa shape index (κ1) is 15.3. The Kier molecular flexibility index (Phi) is 5.03. The lowest BCUT2D eigenvalue weighted by Gasteiger charge is -2.27. The van der Waals surface area contributed by atoms with Gasteiger partial charge < -0.3 is 5.32 Å². The minimum atomic E-state index is -3.51. The molecule has 0 aromatic heterocycles. The van der Waals surface area contributed by atoms with Crippen molar-refractivity contribution in [1.29, 1.82) is 0 Å². The molecule has 1 amide bonds. The van der Waals surface area contributed by atoms with Crippen molar-refractivity contribution in [3.63, 3.8) is 0 Å². The molecule has 0 aliphatic heterocycles. The number of nitrogens with one attached hydrogen (secondary N) is 1. The fraction of sp³-hybridized carbons (Fsp3) is 0.900. The minimum Gasteiger partial charge on any atom is -0.356 e. The zero-order valence-electron chi connectivity index (χ0n) is 9.99. The van der Waals surface area contributed by atoms with Crippen molar-refractivity contribution in [3.05, 3.63) is 0 Å². The predicted molar refractivity (Wildman–Crippen MR) is 62.5 cm³/mol. The molecule has 5 nitrogen and oxygen atoms in total. The minimum absolute atomic E-state index is 0.175. The van der Waals surface area contributed by atoms with E-state index in [-0.39, 0.29) is 56.2 Å². The molecule has 0 aromatic carbocycles. The number of hydrogen-bond donors (Lipinski definition) is 2. The van der Waals surface area contributed by atoms with Gasteiger partial charge in [0.05, 0.1) is 5.75 Å². The quantitative estimate of drug-likeness (QED) is 0.725. The molecule has 0 bridgehead atoms. The molecule has 1 saturated carbocycles. The van der Waals surface area contributed by atoms with Crippen LogP contribution in [-0.2, 0) is 14.8 Å². The number of halogens is 2. The second-order valence-corrected chi connectivity index (χ2v) is 6.38. The van der Waals surface area contributed by atoms with Crippen LogP contribution in [0.2, 0.25) is 0 Å². The SMILES string of the molecule is NS(=O)(=O)CCCNC(=O)C1CCC(F)(F)CC1. The highest BCUT2D eigenvalue weighted by Crippen LogP contribution is 2.36. The van der Waals surface area contributed by atoms with E-state index < -0.39 is 15.9 Å². The summed E-state index contributed by atoms with van der Waals surface area (Å²) in [6, 6.07) is 0. The van der Waals surface area contributed by atoms with E-state index in [4.69, 9.17) is 5.14 Å². The molecular weight excluding hydrogens is 266 g/mol. The second kappa shape index (κ2) is 5.92. The van der Waals surface area contributed by atoms with Gasteiger partial charge in [-0.1, -0.05) is 0 Å². The molecule has 0 spiro atoms. The number of carbonyl (C=O) groups is 1. The van der Waals surface area contributed by atoms with Crippen LogP contribution in [0.25, 0.3) is 0 Å². The number of hydrogen-bond acceptors (Lipinski definition) is 3. The summed E-state index contributed by atoms with van der Waals surface area (Å²) in [6.45, 7) is 0.197. The van der Waals surface area contributed by atoms with Gasteiger partial charge in [-0.2, -0.15) is 0 Å². The lowest BCUT2D eigenvalue weighted by molar-refractivity contribution is -0.129.